The molecule has 5 aromatic rings. The molecule has 2 heterocycles. The largest absolute Gasteiger partial charge is 0.467 e. The molecule has 1 aromatic heterocycles. The lowest BCUT2D eigenvalue weighted by atomic mass is 9.66. The van der Waals surface area contributed by atoms with E-state index in [1.807, 2.05) is 105 Å². The topological polar surface area (TPSA) is 84.4 Å². The van der Waals surface area contributed by atoms with Crippen LogP contribution in [-0.2, 0) is 15.1 Å². The lowest BCUT2D eigenvalue weighted by Crippen LogP contribution is -2.69. The van der Waals surface area contributed by atoms with Gasteiger partial charge in [0.05, 0.1) is 29.5 Å². The molecule has 2 aliphatic rings. The lowest BCUT2D eigenvalue weighted by Gasteiger charge is -2.47. The van der Waals surface area contributed by atoms with Crippen LogP contribution in [0.5, 0.6) is 0 Å². The Morgan fingerprint density at radius 2 is 1.50 bits per heavy atom. The zero-order chi connectivity index (χ0) is 29.1. The zero-order valence-corrected chi connectivity index (χ0v) is 23.7. The van der Waals surface area contributed by atoms with Crippen molar-refractivity contribution in [3.8, 4) is 11.3 Å². The van der Waals surface area contributed by atoms with Gasteiger partial charge < -0.3 is 10.1 Å². The number of likely N-dealkylation sites (tertiary alicyclic amines) is 1. The molecule has 1 aliphatic carbocycles. The van der Waals surface area contributed by atoms with Crippen molar-refractivity contribution in [2.45, 2.75) is 23.9 Å². The molecule has 7 heteroatoms. The molecule has 7 rings (SSSR count). The number of aromatic nitrogens is 2. The van der Waals surface area contributed by atoms with Gasteiger partial charge in [-0.25, -0.2) is 14.8 Å². The summed E-state index contributed by atoms with van der Waals surface area (Å²) in [7, 11) is 3.37. The predicted octanol–water partition coefficient (Wildman–Crippen LogP) is 5.23. The summed E-state index contributed by atoms with van der Waals surface area (Å²) < 4.78 is 5.67. The van der Waals surface area contributed by atoms with Crippen LogP contribution in [-0.4, -0.2) is 53.0 Å². The van der Waals surface area contributed by atoms with Gasteiger partial charge in [-0.2, -0.15) is 0 Å². The maximum absolute atomic E-state index is 14.6. The molecular formula is C35H30N4O3. The van der Waals surface area contributed by atoms with Crippen molar-refractivity contribution in [3.05, 3.63) is 131 Å². The van der Waals surface area contributed by atoms with Crippen LogP contribution in [0.1, 0.15) is 38.7 Å². The van der Waals surface area contributed by atoms with Crippen LogP contribution in [0.3, 0.4) is 0 Å². The number of esters is 1. The van der Waals surface area contributed by atoms with E-state index in [9.17, 15) is 9.59 Å². The van der Waals surface area contributed by atoms with Gasteiger partial charge >= 0.3 is 5.97 Å². The first-order chi connectivity index (χ1) is 20.4. The summed E-state index contributed by atoms with van der Waals surface area (Å²) in [5.41, 5.74) is 4.18. The summed E-state index contributed by atoms with van der Waals surface area (Å²) in [5.74, 6) is -1.39. The van der Waals surface area contributed by atoms with Crippen LogP contribution >= 0.6 is 0 Å². The number of hydrogen-bond acceptors (Lipinski definition) is 6. The number of nitrogens with one attached hydrogen (secondary N) is 1. The zero-order valence-electron chi connectivity index (χ0n) is 23.7. The van der Waals surface area contributed by atoms with Crippen molar-refractivity contribution in [1.82, 2.24) is 20.2 Å². The molecule has 42 heavy (non-hydrogen) atoms. The molecule has 0 radical (unpaired) electrons. The van der Waals surface area contributed by atoms with Crippen molar-refractivity contribution in [3.63, 3.8) is 0 Å². The second-order valence-corrected chi connectivity index (χ2v) is 11.1. The normalized spacial score (nSPS) is 22.6. The SMILES string of the molecule is COC(=O)[C@@]1(NC(=O)c2ccccc2)[C@H](c2ccc(C)cc2)CN(C)[C@@]12c1ccccc1-c1nc3ccccc3nc12. The number of aryl methyl sites for hydroxylation is 1. The third-order valence-electron chi connectivity index (χ3n) is 8.94. The van der Waals surface area contributed by atoms with E-state index in [2.05, 4.69) is 10.2 Å². The number of rotatable bonds is 4. The minimum atomic E-state index is -1.60. The molecule has 1 fully saturated rings. The van der Waals surface area contributed by atoms with Gasteiger partial charge in [-0.05, 0) is 49.4 Å². The summed E-state index contributed by atoms with van der Waals surface area (Å²) >= 11 is 0. The molecule has 1 saturated heterocycles. The molecule has 208 valence electrons. The van der Waals surface area contributed by atoms with E-state index in [4.69, 9.17) is 14.7 Å². The predicted molar refractivity (Wildman–Crippen MR) is 161 cm³/mol. The Balaban J connectivity index is 1.60. The molecule has 3 atom stereocenters. The number of nitrogens with zero attached hydrogens (tertiary/aromatic N) is 3. The first-order valence-corrected chi connectivity index (χ1v) is 14.0. The Labute approximate surface area is 244 Å². The number of carbonyl (C=O) groups is 2. The molecule has 1 aliphatic heterocycles. The van der Waals surface area contributed by atoms with Gasteiger partial charge in [-0.15, -0.1) is 0 Å². The highest BCUT2D eigenvalue weighted by Crippen LogP contribution is 2.62. The number of fused-ring (bicyclic) bond motifs is 6. The highest BCUT2D eigenvalue weighted by molar-refractivity contribution is 6.01. The lowest BCUT2D eigenvalue weighted by molar-refractivity contribution is -0.152. The molecular weight excluding hydrogens is 524 g/mol. The fourth-order valence-electron chi connectivity index (χ4n) is 7.13. The van der Waals surface area contributed by atoms with Crippen molar-refractivity contribution in [1.29, 1.82) is 0 Å². The third kappa shape index (κ3) is 3.43. The molecule has 0 unspecified atom stereocenters. The summed E-state index contributed by atoms with van der Waals surface area (Å²) in [6, 6.07) is 32.8. The van der Waals surface area contributed by atoms with Crippen LogP contribution in [0.15, 0.2) is 103 Å². The first-order valence-electron chi connectivity index (χ1n) is 14.0. The average Bonchev–Trinajstić information content (AvgIpc) is 3.46. The minimum Gasteiger partial charge on any atom is -0.467 e. The second-order valence-electron chi connectivity index (χ2n) is 11.1. The number of hydrogen-bond donors (Lipinski definition) is 1. The van der Waals surface area contributed by atoms with Crippen molar-refractivity contribution in [2.24, 2.45) is 0 Å². The number of ether oxygens (including phenoxy) is 1. The smallest absolute Gasteiger partial charge is 0.335 e. The van der Waals surface area contributed by atoms with E-state index >= 15 is 0 Å². The number of carbonyl (C=O) groups excluding carboxylic acids is 2. The van der Waals surface area contributed by atoms with Gasteiger partial charge in [-0.1, -0.05) is 84.4 Å². The number of methoxy groups -OCH3 is 1. The van der Waals surface area contributed by atoms with Crippen LogP contribution in [0.2, 0.25) is 0 Å². The standard InChI is InChI=1S/C35H30N4O3/c1-22-17-19-23(20-18-22)27-21-39(2)35(34(27,33(41)42-3)38-32(40)24-11-5-4-6-12-24)26-14-8-7-13-25(26)30-31(35)37-29-16-10-9-15-28(29)36-30/h4-20,27H,21H2,1-3H3,(H,38,40)/t27-,34-,35+/m0/s1. The van der Waals surface area contributed by atoms with Crippen LogP contribution in [0.4, 0.5) is 0 Å². The van der Waals surface area contributed by atoms with Crippen molar-refractivity contribution >= 4 is 22.9 Å². The van der Waals surface area contributed by atoms with Crippen LogP contribution in [0, 0.1) is 6.92 Å². The molecule has 7 nitrogen and oxygen atoms in total. The quantitative estimate of drug-likeness (QED) is 0.306. The van der Waals surface area contributed by atoms with Crippen molar-refractivity contribution < 1.29 is 14.3 Å². The monoisotopic (exact) mass is 554 g/mol. The average molecular weight is 555 g/mol. The van der Waals surface area contributed by atoms with E-state index in [0.29, 0.717) is 29.0 Å². The van der Waals surface area contributed by atoms with Gasteiger partial charge in [0, 0.05) is 23.6 Å². The number of para-hydroxylation sites is 2. The fourth-order valence-corrected chi connectivity index (χ4v) is 7.13. The van der Waals surface area contributed by atoms with Crippen LogP contribution in [0.25, 0.3) is 22.3 Å². The van der Waals surface area contributed by atoms with E-state index in [1.165, 1.54) is 7.11 Å². The second kappa shape index (κ2) is 9.60. The van der Waals surface area contributed by atoms with E-state index in [-0.39, 0.29) is 5.91 Å². The maximum Gasteiger partial charge on any atom is 0.335 e. The summed E-state index contributed by atoms with van der Waals surface area (Å²) in [4.78, 5) is 41.3. The van der Waals surface area contributed by atoms with E-state index in [0.717, 1.165) is 27.8 Å². The molecule has 0 saturated carbocycles. The third-order valence-corrected chi connectivity index (χ3v) is 8.94. The molecule has 1 amide bonds. The van der Waals surface area contributed by atoms with Gasteiger partial charge in [0.2, 0.25) is 0 Å². The summed E-state index contributed by atoms with van der Waals surface area (Å²) in [5, 5.41) is 3.29. The molecule has 4 aromatic carbocycles. The fraction of sp³-hybridized carbons (Fsp3) is 0.200. The van der Waals surface area contributed by atoms with E-state index in [1.54, 1.807) is 12.1 Å². The Bertz CT molecular complexity index is 1860. The number of likely N-dealkylation sites (N-methyl/N-ethyl adjacent to an activating group) is 1. The number of benzene rings is 4. The summed E-state index contributed by atoms with van der Waals surface area (Å²) in [6.07, 6.45) is 0. The number of amides is 1. The maximum atomic E-state index is 14.6. The van der Waals surface area contributed by atoms with Gasteiger partial charge in [0.15, 0.2) is 5.54 Å². The Kier molecular flexibility index (Phi) is 5.95. The van der Waals surface area contributed by atoms with Crippen molar-refractivity contribution in [2.75, 3.05) is 20.7 Å². The van der Waals surface area contributed by atoms with Crippen LogP contribution < -0.4 is 5.32 Å². The highest BCUT2D eigenvalue weighted by Gasteiger charge is 2.74. The summed E-state index contributed by atoms with van der Waals surface area (Å²) in [6.45, 7) is 2.48. The molecule has 1 N–H and O–H groups in total. The Morgan fingerprint density at radius 3 is 2.21 bits per heavy atom. The Morgan fingerprint density at radius 1 is 0.857 bits per heavy atom. The first kappa shape index (κ1) is 26.0. The highest BCUT2D eigenvalue weighted by atomic mass is 16.5. The van der Waals surface area contributed by atoms with Gasteiger partial charge in [-0.3, -0.25) is 9.69 Å². The van der Waals surface area contributed by atoms with E-state index < -0.39 is 23.0 Å². The Hall–Kier alpha value is -4.88. The molecule has 1 spiro atoms. The minimum absolute atomic E-state index is 0.368. The molecule has 0 bridgehead atoms. The van der Waals surface area contributed by atoms with Gasteiger partial charge in [0.1, 0.15) is 5.54 Å². The van der Waals surface area contributed by atoms with Gasteiger partial charge in [0.25, 0.3) is 5.91 Å².